The van der Waals surface area contributed by atoms with E-state index in [2.05, 4.69) is 127 Å². The van der Waals surface area contributed by atoms with E-state index < -0.39 is 0 Å². The summed E-state index contributed by atoms with van der Waals surface area (Å²) in [5, 5.41) is 0. The van der Waals surface area contributed by atoms with Crippen molar-refractivity contribution in [3.05, 3.63) is 138 Å². The second-order valence-electron chi connectivity index (χ2n) is 6.96. The van der Waals surface area contributed by atoms with Crippen molar-refractivity contribution in [1.82, 2.24) is 0 Å². The van der Waals surface area contributed by atoms with Crippen LogP contribution in [0.5, 0.6) is 0 Å². The largest absolute Gasteiger partial charge is 0.0838 e. The molecule has 0 amide bonds. The number of hydrogen-bond donors (Lipinski definition) is 0. The molecular formula is C28H24. The van der Waals surface area contributed by atoms with Gasteiger partial charge in [0.2, 0.25) is 0 Å². The summed E-state index contributed by atoms with van der Waals surface area (Å²) in [4.78, 5) is 0. The maximum absolute atomic E-state index is 2.33. The van der Waals surface area contributed by atoms with E-state index in [1.54, 1.807) is 0 Å². The lowest BCUT2D eigenvalue weighted by molar-refractivity contribution is 0.983. The van der Waals surface area contributed by atoms with Gasteiger partial charge in [0, 0.05) is 5.92 Å². The van der Waals surface area contributed by atoms with Gasteiger partial charge in [-0.2, -0.15) is 0 Å². The average Bonchev–Trinajstić information content (AvgIpc) is 2.79. The molecule has 0 spiro atoms. The van der Waals surface area contributed by atoms with Crippen molar-refractivity contribution in [3.8, 4) is 0 Å². The molecule has 0 fully saturated rings. The molecule has 0 heteroatoms. The fourth-order valence-electron chi connectivity index (χ4n) is 3.55. The van der Waals surface area contributed by atoms with Gasteiger partial charge in [-0.05, 0) is 40.3 Å². The molecule has 0 radical (unpaired) electrons. The van der Waals surface area contributed by atoms with Gasteiger partial charge in [-0.3, -0.25) is 0 Å². The van der Waals surface area contributed by atoms with Crippen LogP contribution in [0, 0.1) is 5.92 Å². The predicted octanol–water partition coefficient (Wildman–Crippen LogP) is 7.44. The van der Waals surface area contributed by atoms with Crippen molar-refractivity contribution in [1.29, 1.82) is 0 Å². The molecule has 3 aromatic carbocycles. The minimum absolute atomic E-state index is 0.268. The van der Waals surface area contributed by atoms with Crippen molar-refractivity contribution < 1.29 is 0 Å². The van der Waals surface area contributed by atoms with Crippen LogP contribution >= 0.6 is 0 Å². The topological polar surface area (TPSA) is 0 Å². The van der Waals surface area contributed by atoms with E-state index in [-0.39, 0.29) is 5.92 Å². The van der Waals surface area contributed by atoms with E-state index >= 15 is 0 Å². The molecule has 0 atom stereocenters. The molecule has 28 heavy (non-hydrogen) atoms. The summed E-state index contributed by atoms with van der Waals surface area (Å²) in [6.07, 6.45) is 14.8. The summed E-state index contributed by atoms with van der Waals surface area (Å²) in [6.45, 7) is 0. The normalized spacial score (nSPS) is 15.0. The van der Waals surface area contributed by atoms with Crippen molar-refractivity contribution in [2.75, 3.05) is 0 Å². The van der Waals surface area contributed by atoms with Crippen LogP contribution in [0.4, 0.5) is 0 Å². The molecule has 0 nitrogen and oxygen atoms in total. The standard InChI is InChI=1S/C28H24/c1-5-13-23(14-6-1)21-27(25-17-9-3-10-18-25)28(26-19-11-4-12-20-26)22-24-15-7-2-8-16-24/h1-3,5-22,26H,4H2/b27-21?,28-22+. The first-order valence-electron chi connectivity index (χ1n) is 9.83. The maximum atomic E-state index is 2.33. The molecule has 0 unspecified atom stereocenters. The Hall–Kier alpha value is -3.38. The summed E-state index contributed by atoms with van der Waals surface area (Å²) in [7, 11) is 0. The number of rotatable bonds is 5. The Labute approximate surface area is 167 Å². The Bertz CT molecular complexity index is 991. The van der Waals surface area contributed by atoms with Crippen molar-refractivity contribution in [2.24, 2.45) is 5.92 Å². The third kappa shape index (κ3) is 4.47. The van der Waals surface area contributed by atoms with Crippen LogP contribution in [0.3, 0.4) is 0 Å². The fraction of sp³-hybridized carbons (Fsp3) is 0.0714. The van der Waals surface area contributed by atoms with Crippen LogP contribution in [-0.2, 0) is 0 Å². The van der Waals surface area contributed by atoms with E-state index in [1.807, 2.05) is 0 Å². The van der Waals surface area contributed by atoms with Crippen molar-refractivity contribution in [2.45, 2.75) is 6.42 Å². The monoisotopic (exact) mass is 360 g/mol. The first-order chi connectivity index (χ1) is 13.9. The highest BCUT2D eigenvalue weighted by atomic mass is 14.2. The zero-order valence-corrected chi connectivity index (χ0v) is 15.9. The fourth-order valence-corrected chi connectivity index (χ4v) is 3.55. The second kappa shape index (κ2) is 9.01. The van der Waals surface area contributed by atoms with Gasteiger partial charge < -0.3 is 0 Å². The number of hydrogen-bond acceptors (Lipinski definition) is 0. The van der Waals surface area contributed by atoms with Crippen molar-refractivity contribution in [3.63, 3.8) is 0 Å². The van der Waals surface area contributed by atoms with Gasteiger partial charge in [0.25, 0.3) is 0 Å². The van der Waals surface area contributed by atoms with Crippen LogP contribution in [0.15, 0.2) is 121 Å². The highest BCUT2D eigenvalue weighted by molar-refractivity contribution is 5.95. The van der Waals surface area contributed by atoms with Gasteiger partial charge in [0.1, 0.15) is 0 Å². The van der Waals surface area contributed by atoms with E-state index in [9.17, 15) is 0 Å². The molecule has 0 heterocycles. The van der Waals surface area contributed by atoms with Crippen LogP contribution in [-0.4, -0.2) is 0 Å². The first-order valence-corrected chi connectivity index (χ1v) is 9.83. The second-order valence-corrected chi connectivity index (χ2v) is 6.96. The zero-order chi connectivity index (χ0) is 19.0. The van der Waals surface area contributed by atoms with Crippen LogP contribution in [0.25, 0.3) is 17.7 Å². The molecular weight excluding hydrogens is 336 g/mol. The summed E-state index contributed by atoms with van der Waals surface area (Å²) < 4.78 is 0. The Morgan fingerprint density at radius 2 is 1.11 bits per heavy atom. The Morgan fingerprint density at radius 1 is 0.607 bits per heavy atom. The molecule has 4 rings (SSSR count). The van der Waals surface area contributed by atoms with Crippen LogP contribution in [0.1, 0.15) is 23.1 Å². The van der Waals surface area contributed by atoms with Gasteiger partial charge in [-0.25, -0.2) is 0 Å². The summed E-state index contributed by atoms with van der Waals surface area (Å²) in [5.41, 5.74) is 6.25. The maximum Gasteiger partial charge on any atom is 0.0205 e. The zero-order valence-electron chi connectivity index (χ0n) is 15.9. The Balaban J connectivity index is 1.89. The quantitative estimate of drug-likeness (QED) is 0.252. The first kappa shape index (κ1) is 18.0. The van der Waals surface area contributed by atoms with E-state index in [0.29, 0.717) is 0 Å². The van der Waals surface area contributed by atoms with Gasteiger partial charge in [-0.15, -0.1) is 0 Å². The third-order valence-electron chi connectivity index (χ3n) is 4.95. The summed E-state index contributed by atoms with van der Waals surface area (Å²) in [6, 6.07) is 31.9. The Kier molecular flexibility index (Phi) is 5.80. The van der Waals surface area contributed by atoms with Crippen LogP contribution in [0.2, 0.25) is 0 Å². The molecule has 136 valence electrons. The van der Waals surface area contributed by atoms with Gasteiger partial charge >= 0.3 is 0 Å². The molecule has 3 aromatic rings. The Morgan fingerprint density at radius 3 is 1.68 bits per heavy atom. The molecule has 0 N–H and O–H groups in total. The lowest BCUT2D eigenvalue weighted by Crippen LogP contribution is -2.03. The molecule has 0 saturated carbocycles. The minimum atomic E-state index is 0.268. The summed E-state index contributed by atoms with van der Waals surface area (Å²) >= 11 is 0. The minimum Gasteiger partial charge on any atom is -0.0838 e. The van der Waals surface area contributed by atoms with Gasteiger partial charge in [0.15, 0.2) is 0 Å². The molecule has 0 saturated heterocycles. The predicted molar refractivity (Wildman–Crippen MR) is 122 cm³/mol. The molecule has 0 bridgehead atoms. The number of benzene rings is 3. The third-order valence-corrected chi connectivity index (χ3v) is 4.95. The van der Waals surface area contributed by atoms with Crippen molar-refractivity contribution >= 4 is 17.7 Å². The van der Waals surface area contributed by atoms with Gasteiger partial charge in [0.05, 0.1) is 0 Å². The highest BCUT2D eigenvalue weighted by Gasteiger charge is 2.16. The van der Waals surface area contributed by atoms with E-state index in [4.69, 9.17) is 0 Å². The molecule has 1 aliphatic rings. The van der Waals surface area contributed by atoms with Gasteiger partial charge in [-0.1, -0.05) is 121 Å². The van der Waals surface area contributed by atoms with E-state index in [0.717, 1.165) is 6.42 Å². The van der Waals surface area contributed by atoms with Crippen LogP contribution < -0.4 is 0 Å². The SMILES string of the molecule is C1=CC(/C(=C\c2ccccc2)C(=Cc2ccccc2)c2ccccc2)C=CC1. The molecule has 1 aliphatic carbocycles. The number of allylic oxidation sites excluding steroid dienone is 6. The lowest BCUT2D eigenvalue weighted by atomic mass is 9.84. The highest BCUT2D eigenvalue weighted by Crippen LogP contribution is 2.35. The molecule has 0 aliphatic heterocycles. The average molecular weight is 361 g/mol. The van der Waals surface area contributed by atoms with E-state index in [1.165, 1.54) is 27.8 Å². The smallest absolute Gasteiger partial charge is 0.0205 e. The molecule has 0 aromatic heterocycles. The summed E-state index contributed by atoms with van der Waals surface area (Å²) in [5.74, 6) is 0.268. The lowest BCUT2D eigenvalue weighted by Gasteiger charge is -2.20.